The van der Waals surface area contributed by atoms with Crippen molar-refractivity contribution in [2.45, 2.75) is 32.0 Å². The second kappa shape index (κ2) is 8.35. The molecule has 0 radical (unpaired) electrons. The Morgan fingerprint density at radius 3 is 2.76 bits per heavy atom. The third kappa shape index (κ3) is 4.18. The lowest BCUT2D eigenvalue weighted by atomic mass is 10.0. The Bertz CT molecular complexity index is 1010. The number of anilines is 1. The van der Waals surface area contributed by atoms with Gasteiger partial charge in [-0.1, -0.05) is 30.3 Å². The van der Waals surface area contributed by atoms with E-state index in [2.05, 4.69) is 0 Å². The van der Waals surface area contributed by atoms with Crippen molar-refractivity contribution in [2.75, 3.05) is 19.0 Å². The molecule has 29 heavy (non-hydrogen) atoms. The Morgan fingerprint density at radius 2 is 2.03 bits per heavy atom. The zero-order valence-corrected chi connectivity index (χ0v) is 17.4. The molecule has 4 rings (SSSR count). The second-order valence-electron chi connectivity index (χ2n) is 7.42. The largest absolute Gasteiger partial charge is 0.457 e. The summed E-state index contributed by atoms with van der Waals surface area (Å²) in [6.45, 7) is 0.221. The van der Waals surface area contributed by atoms with E-state index in [9.17, 15) is 9.90 Å². The molecule has 1 heterocycles. The van der Waals surface area contributed by atoms with Crippen molar-refractivity contribution in [3.8, 4) is 10.6 Å². The molecule has 1 unspecified atom stereocenters. The summed E-state index contributed by atoms with van der Waals surface area (Å²) in [5.74, 6) is -0.374. The van der Waals surface area contributed by atoms with E-state index in [4.69, 9.17) is 9.72 Å². The number of hydrogen-bond donors (Lipinski definition) is 1. The van der Waals surface area contributed by atoms with E-state index in [0.717, 1.165) is 51.7 Å². The third-order valence-corrected chi connectivity index (χ3v) is 6.34. The van der Waals surface area contributed by atoms with Crippen molar-refractivity contribution in [3.05, 3.63) is 70.2 Å². The highest BCUT2D eigenvalue weighted by atomic mass is 32.1. The average molecular weight is 409 g/mol. The van der Waals surface area contributed by atoms with Crippen LogP contribution >= 0.6 is 11.3 Å². The molecule has 1 atom stereocenters. The number of fused-ring (bicyclic) bond motifs is 1. The first kappa shape index (κ1) is 19.6. The number of aryl methyl sites for hydroxylation is 1. The van der Waals surface area contributed by atoms with Gasteiger partial charge in [0, 0.05) is 25.3 Å². The van der Waals surface area contributed by atoms with Crippen molar-refractivity contribution in [2.24, 2.45) is 0 Å². The minimum Gasteiger partial charge on any atom is -0.457 e. The monoisotopic (exact) mass is 408 g/mol. The number of nitrogens with zero attached hydrogens (tertiary/aromatic N) is 2. The van der Waals surface area contributed by atoms with Crippen LogP contribution in [-0.4, -0.2) is 30.2 Å². The summed E-state index contributed by atoms with van der Waals surface area (Å²) in [4.78, 5) is 20.6. The highest BCUT2D eigenvalue weighted by Crippen LogP contribution is 2.39. The standard InChI is InChI=1S/C23H24N2O3S/c1-25(2)16-11-12-17(22-24-19-9-6-10-20(26)21(19)29-22)18(13-16)23(27)28-14-15-7-4-3-5-8-15/h3-5,7-8,11-13,20,26H,6,9-10,14H2,1-2H3. The molecule has 1 aromatic heterocycles. The quantitative estimate of drug-likeness (QED) is 0.625. The first-order chi connectivity index (χ1) is 14.0. The molecular formula is C23H24N2O3S. The number of hydrogen-bond acceptors (Lipinski definition) is 6. The fourth-order valence-corrected chi connectivity index (χ4v) is 4.65. The van der Waals surface area contributed by atoms with Gasteiger partial charge in [-0.05, 0) is 43.0 Å². The Labute approximate surface area is 174 Å². The normalized spacial score (nSPS) is 15.6. The van der Waals surface area contributed by atoms with Crippen LogP contribution in [-0.2, 0) is 17.8 Å². The van der Waals surface area contributed by atoms with Crippen LogP contribution < -0.4 is 4.90 Å². The Kier molecular flexibility index (Phi) is 5.65. The van der Waals surface area contributed by atoms with Crippen LogP contribution in [0.15, 0.2) is 48.5 Å². The first-order valence-corrected chi connectivity index (χ1v) is 10.5. The van der Waals surface area contributed by atoms with Crippen LogP contribution in [0.4, 0.5) is 5.69 Å². The maximum Gasteiger partial charge on any atom is 0.339 e. The van der Waals surface area contributed by atoms with Gasteiger partial charge >= 0.3 is 5.97 Å². The summed E-state index contributed by atoms with van der Waals surface area (Å²) in [7, 11) is 3.87. The molecule has 0 saturated heterocycles. The number of ether oxygens (including phenoxy) is 1. The number of thiazole rings is 1. The van der Waals surface area contributed by atoms with E-state index < -0.39 is 6.10 Å². The highest BCUT2D eigenvalue weighted by Gasteiger charge is 2.25. The molecule has 0 amide bonds. The molecule has 3 aromatic rings. The number of aliphatic hydroxyl groups excluding tert-OH is 1. The lowest BCUT2D eigenvalue weighted by Crippen LogP contribution is -2.12. The molecule has 2 aromatic carbocycles. The number of carbonyl (C=O) groups is 1. The minimum absolute atomic E-state index is 0.221. The van der Waals surface area contributed by atoms with Gasteiger partial charge in [0.2, 0.25) is 0 Å². The minimum atomic E-state index is -0.459. The van der Waals surface area contributed by atoms with E-state index in [-0.39, 0.29) is 12.6 Å². The van der Waals surface area contributed by atoms with Gasteiger partial charge in [-0.2, -0.15) is 0 Å². The average Bonchev–Trinajstić information content (AvgIpc) is 3.18. The van der Waals surface area contributed by atoms with Gasteiger partial charge in [0.25, 0.3) is 0 Å². The van der Waals surface area contributed by atoms with Gasteiger partial charge in [-0.3, -0.25) is 0 Å². The van der Waals surface area contributed by atoms with E-state index in [0.29, 0.717) is 5.56 Å². The molecule has 0 saturated carbocycles. The maximum absolute atomic E-state index is 13.0. The van der Waals surface area contributed by atoms with Crippen molar-refractivity contribution in [1.29, 1.82) is 0 Å². The van der Waals surface area contributed by atoms with Gasteiger partial charge in [-0.25, -0.2) is 9.78 Å². The predicted octanol–water partition coefficient (Wildman–Crippen LogP) is 4.60. The number of aromatic nitrogens is 1. The summed E-state index contributed by atoms with van der Waals surface area (Å²) in [6.07, 6.45) is 2.11. The zero-order valence-electron chi connectivity index (χ0n) is 16.6. The Hall–Kier alpha value is -2.70. The lowest BCUT2D eigenvalue weighted by Gasteiger charge is -2.15. The predicted molar refractivity (Wildman–Crippen MR) is 115 cm³/mol. The van der Waals surface area contributed by atoms with Gasteiger partial charge in [-0.15, -0.1) is 11.3 Å². The topological polar surface area (TPSA) is 62.7 Å². The summed E-state index contributed by atoms with van der Waals surface area (Å²) < 4.78 is 5.60. The van der Waals surface area contributed by atoms with Crippen LogP contribution in [0.5, 0.6) is 0 Å². The van der Waals surface area contributed by atoms with Gasteiger partial charge in [0.05, 0.1) is 22.2 Å². The molecule has 0 spiro atoms. The van der Waals surface area contributed by atoms with Crippen molar-refractivity contribution >= 4 is 23.0 Å². The van der Waals surface area contributed by atoms with Crippen molar-refractivity contribution in [1.82, 2.24) is 4.98 Å². The van der Waals surface area contributed by atoms with E-state index in [1.165, 1.54) is 11.3 Å². The van der Waals surface area contributed by atoms with E-state index in [1.807, 2.05) is 67.5 Å². The van der Waals surface area contributed by atoms with Crippen LogP contribution in [0.3, 0.4) is 0 Å². The molecule has 0 bridgehead atoms. The van der Waals surface area contributed by atoms with Crippen molar-refractivity contribution in [3.63, 3.8) is 0 Å². The van der Waals surface area contributed by atoms with Crippen molar-refractivity contribution < 1.29 is 14.6 Å². The second-order valence-corrected chi connectivity index (χ2v) is 8.45. The molecule has 6 heteroatoms. The zero-order chi connectivity index (χ0) is 20.4. The molecule has 0 aliphatic heterocycles. The van der Waals surface area contributed by atoms with E-state index >= 15 is 0 Å². The maximum atomic E-state index is 13.0. The van der Waals surface area contributed by atoms with Crippen LogP contribution in [0.25, 0.3) is 10.6 Å². The Morgan fingerprint density at radius 1 is 1.24 bits per heavy atom. The molecule has 150 valence electrons. The number of esters is 1. The SMILES string of the molecule is CN(C)c1ccc(-c2nc3c(s2)C(O)CCC3)c(C(=O)OCc2ccccc2)c1. The summed E-state index contributed by atoms with van der Waals surface area (Å²) in [5.41, 5.74) is 4.05. The fraction of sp³-hybridized carbons (Fsp3) is 0.304. The van der Waals surface area contributed by atoms with E-state index in [1.54, 1.807) is 0 Å². The van der Waals surface area contributed by atoms with Crippen LogP contribution in [0.1, 0.15) is 45.4 Å². The molecule has 1 aliphatic carbocycles. The molecule has 1 N–H and O–H groups in total. The van der Waals surface area contributed by atoms with Gasteiger partial charge in [0.1, 0.15) is 11.6 Å². The molecular weight excluding hydrogens is 384 g/mol. The molecule has 1 aliphatic rings. The van der Waals surface area contributed by atoms with Gasteiger partial charge in [0.15, 0.2) is 0 Å². The number of rotatable bonds is 5. The number of carbonyl (C=O) groups excluding carboxylic acids is 1. The molecule has 0 fully saturated rings. The summed E-state index contributed by atoms with van der Waals surface area (Å²) in [5, 5.41) is 11.1. The smallest absolute Gasteiger partial charge is 0.339 e. The fourth-order valence-electron chi connectivity index (χ4n) is 3.48. The third-order valence-electron chi connectivity index (χ3n) is 5.10. The number of aliphatic hydroxyl groups is 1. The van der Waals surface area contributed by atoms with Crippen LogP contribution in [0.2, 0.25) is 0 Å². The first-order valence-electron chi connectivity index (χ1n) is 9.73. The van der Waals surface area contributed by atoms with Gasteiger partial charge < -0.3 is 14.7 Å². The Balaban J connectivity index is 1.68. The lowest BCUT2D eigenvalue weighted by molar-refractivity contribution is 0.0473. The highest BCUT2D eigenvalue weighted by molar-refractivity contribution is 7.15. The number of benzene rings is 2. The summed E-state index contributed by atoms with van der Waals surface area (Å²) in [6, 6.07) is 15.4. The molecule has 5 nitrogen and oxygen atoms in total. The summed E-state index contributed by atoms with van der Waals surface area (Å²) >= 11 is 1.47. The van der Waals surface area contributed by atoms with Crippen LogP contribution in [0, 0.1) is 0 Å².